The Morgan fingerprint density at radius 1 is 1.33 bits per heavy atom. The summed E-state index contributed by atoms with van der Waals surface area (Å²) in [6.45, 7) is 0. The molecule has 0 aliphatic rings. The predicted octanol–water partition coefficient (Wildman–Crippen LogP) is 4.78. The Morgan fingerprint density at radius 2 is 1.89 bits per heavy atom. The summed E-state index contributed by atoms with van der Waals surface area (Å²) in [5.74, 6) is -5.55. The molecule has 18 heavy (non-hydrogen) atoms. The lowest BCUT2D eigenvalue weighted by Gasteiger charge is -2.23. The van der Waals surface area contributed by atoms with Crippen LogP contribution < -0.4 is 4.74 Å². The molecule has 0 aliphatic carbocycles. The summed E-state index contributed by atoms with van der Waals surface area (Å²) >= 11 is 8.11. The van der Waals surface area contributed by atoms with Crippen molar-refractivity contribution in [3.63, 3.8) is 0 Å². The SMILES string of the molecule is COc1cc(F)c(Br)cc1C(Cl)C(F)(F)C(F)F. The maximum absolute atomic E-state index is 13.2. The van der Waals surface area contributed by atoms with Gasteiger partial charge in [-0.15, -0.1) is 11.6 Å². The van der Waals surface area contributed by atoms with Gasteiger partial charge in [0.25, 0.3) is 0 Å². The fraction of sp³-hybridized carbons (Fsp3) is 0.400. The predicted molar refractivity (Wildman–Crippen MR) is 60.2 cm³/mol. The van der Waals surface area contributed by atoms with Crippen LogP contribution in [0.2, 0.25) is 0 Å². The van der Waals surface area contributed by atoms with Crippen molar-refractivity contribution in [1.82, 2.24) is 0 Å². The summed E-state index contributed by atoms with van der Waals surface area (Å²) in [6.07, 6.45) is -3.94. The molecule has 1 unspecified atom stereocenters. The standard InChI is InChI=1S/C10H7BrClF5O/c1-18-7-3-6(13)5(11)2-4(7)8(12)10(16,17)9(14)15/h2-3,8-9H,1H3. The van der Waals surface area contributed by atoms with Crippen LogP contribution >= 0.6 is 27.5 Å². The first kappa shape index (κ1) is 15.5. The zero-order chi connectivity index (χ0) is 14.1. The molecule has 8 heteroatoms. The van der Waals surface area contributed by atoms with E-state index in [-0.39, 0.29) is 10.2 Å². The molecule has 1 atom stereocenters. The highest BCUT2D eigenvalue weighted by Gasteiger charge is 2.49. The Bertz CT molecular complexity index is 441. The van der Waals surface area contributed by atoms with E-state index in [0.29, 0.717) is 0 Å². The molecule has 0 radical (unpaired) electrons. The first-order chi connectivity index (χ1) is 8.21. The Kier molecular flexibility index (Phi) is 4.83. The van der Waals surface area contributed by atoms with Crippen LogP contribution in [0.1, 0.15) is 10.9 Å². The lowest BCUT2D eigenvalue weighted by Crippen LogP contribution is -2.31. The molecular weight excluding hydrogens is 346 g/mol. The highest BCUT2D eigenvalue weighted by atomic mass is 79.9. The summed E-state index contributed by atoms with van der Waals surface area (Å²) in [5.41, 5.74) is -0.419. The van der Waals surface area contributed by atoms with Gasteiger partial charge in [-0.2, -0.15) is 8.78 Å². The summed E-state index contributed by atoms with van der Waals surface area (Å²) in [4.78, 5) is 0. The number of benzene rings is 1. The first-order valence-corrected chi connectivity index (χ1v) is 5.77. The Morgan fingerprint density at radius 3 is 2.33 bits per heavy atom. The minimum absolute atomic E-state index is 0.172. The highest BCUT2D eigenvalue weighted by molar-refractivity contribution is 9.10. The van der Waals surface area contributed by atoms with E-state index in [1.807, 2.05) is 0 Å². The zero-order valence-electron chi connectivity index (χ0n) is 8.86. The zero-order valence-corrected chi connectivity index (χ0v) is 11.2. The summed E-state index contributed by atoms with van der Waals surface area (Å²) < 4.78 is 68.3. The van der Waals surface area contributed by atoms with Crippen LogP contribution in [-0.2, 0) is 0 Å². The van der Waals surface area contributed by atoms with Gasteiger partial charge >= 0.3 is 12.3 Å². The van der Waals surface area contributed by atoms with Gasteiger partial charge in [0.2, 0.25) is 0 Å². The van der Waals surface area contributed by atoms with Gasteiger partial charge in [-0.05, 0) is 22.0 Å². The van der Waals surface area contributed by atoms with E-state index in [1.165, 1.54) is 0 Å². The molecule has 0 aliphatic heterocycles. The molecule has 0 saturated carbocycles. The van der Waals surface area contributed by atoms with Crippen LogP contribution in [0.3, 0.4) is 0 Å². The lowest BCUT2D eigenvalue weighted by atomic mass is 10.1. The van der Waals surface area contributed by atoms with Gasteiger partial charge in [-0.1, -0.05) is 0 Å². The van der Waals surface area contributed by atoms with Gasteiger partial charge in [0.05, 0.1) is 11.6 Å². The quantitative estimate of drug-likeness (QED) is 0.559. The van der Waals surface area contributed by atoms with Crippen molar-refractivity contribution in [2.45, 2.75) is 17.7 Å². The van der Waals surface area contributed by atoms with Gasteiger partial charge in [0, 0.05) is 11.6 Å². The van der Waals surface area contributed by atoms with Crippen molar-refractivity contribution in [2.75, 3.05) is 7.11 Å². The maximum atomic E-state index is 13.2. The number of hydrogen-bond donors (Lipinski definition) is 0. The van der Waals surface area contributed by atoms with Crippen LogP contribution in [0, 0.1) is 5.82 Å². The molecule has 0 fully saturated rings. The maximum Gasteiger partial charge on any atom is 0.327 e. The molecule has 0 aromatic heterocycles. The molecule has 0 bridgehead atoms. The molecule has 1 nitrogen and oxygen atoms in total. The third-order valence-electron chi connectivity index (χ3n) is 2.17. The van der Waals surface area contributed by atoms with E-state index >= 15 is 0 Å². The van der Waals surface area contributed by atoms with Crippen molar-refractivity contribution in [1.29, 1.82) is 0 Å². The van der Waals surface area contributed by atoms with E-state index in [4.69, 9.17) is 11.6 Å². The second-order valence-corrected chi connectivity index (χ2v) is 4.64. The molecule has 1 rings (SSSR count). The largest absolute Gasteiger partial charge is 0.496 e. The highest BCUT2D eigenvalue weighted by Crippen LogP contribution is 2.45. The molecule has 1 aromatic rings. The summed E-state index contributed by atoms with van der Waals surface area (Å²) in [7, 11) is 1.09. The van der Waals surface area contributed by atoms with E-state index in [2.05, 4.69) is 20.7 Å². The Balaban J connectivity index is 3.28. The Labute approximate surface area is 113 Å². The molecule has 1 aromatic carbocycles. The van der Waals surface area contributed by atoms with Crippen molar-refractivity contribution in [2.24, 2.45) is 0 Å². The number of ether oxygens (including phenoxy) is 1. The van der Waals surface area contributed by atoms with Gasteiger partial charge < -0.3 is 4.74 Å². The molecule has 0 heterocycles. The first-order valence-electron chi connectivity index (χ1n) is 4.54. The van der Waals surface area contributed by atoms with Crippen LogP contribution in [0.5, 0.6) is 5.75 Å². The number of alkyl halides is 5. The molecule has 0 spiro atoms. The van der Waals surface area contributed by atoms with Crippen molar-refractivity contribution >= 4 is 27.5 Å². The second kappa shape index (κ2) is 5.61. The average molecular weight is 354 g/mol. The normalized spacial score (nSPS) is 13.8. The fourth-order valence-electron chi connectivity index (χ4n) is 1.24. The minimum Gasteiger partial charge on any atom is -0.496 e. The molecule has 0 saturated heterocycles. The van der Waals surface area contributed by atoms with Gasteiger partial charge in [0.15, 0.2) is 0 Å². The monoisotopic (exact) mass is 352 g/mol. The lowest BCUT2D eigenvalue weighted by molar-refractivity contribution is -0.130. The van der Waals surface area contributed by atoms with Gasteiger partial charge in [-0.25, -0.2) is 13.2 Å². The number of methoxy groups -OCH3 is 1. The van der Waals surface area contributed by atoms with Gasteiger partial charge in [0.1, 0.15) is 16.9 Å². The summed E-state index contributed by atoms with van der Waals surface area (Å²) in [6, 6.07) is 1.68. The molecule has 0 N–H and O–H groups in total. The third-order valence-corrected chi connectivity index (χ3v) is 3.31. The number of hydrogen-bond acceptors (Lipinski definition) is 1. The van der Waals surface area contributed by atoms with E-state index < -0.39 is 29.1 Å². The fourth-order valence-corrected chi connectivity index (χ4v) is 1.86. The topological polar surface area (TPSA) is 9.23 Å². The second-order valence-electron chi connectivity index (χ2n) is 3.35. The van der Waals surface area contributed by atoms with Crippen molar-refractivity contribution in [3.8, 4) is 5.75 Å². The van der Waals surface area contributed by atoms with E-state index in [0.717, 1.165) is 19.2 Å². The average Bonchev–Trinajstić information content (AvgIpc) is 2.30. The van der Waals surface area contributed by atoms with Crippen molar-refractivity contribution in [3.05, 3.63) is 28.0 Å². The number of halogens is 7. The Hall–Kier alpha value is -0.560. The summed E-state index contributed by atoms with van der Waals surface area (Å²) in [5, 5.41) is -2.33. The molecular formula is C10H7BrClF5O. The van der Waals surface area contributed by atoms with Crippen LogP contribution in [0.15, 0.2) is 16.6 Å². The molecule has 0 amide bonds. The third kappa shape index (κ3) is 2.88. The van der Waals surface area contributed by atoms with Crippen molar-refractivity contribution < 1.29 is 26.7 Å². The number of rotatable bonds is 4. The van der Waals surface area contributed by atoms with Crippen LogP contribution in [-0.4, -0.2) is 19.5 Å². The molecule has 102 valence electrons. The minimum atomic E-state index is -4.45. The van der Waals surface area contributed by atoms with E-state index in [9.17, 15) is 22.0 Å². The van der Waals surface area contributed by atoms with Crippen LogP contribution in [0.4, 0.5) is 22.0 Å². The van der Waals surface area contributed by atoms with Crippen LogP contribution in [0.25, 0.3) is 0 Å². The van der Waals surface area contributed by atoms with Gasteiger partial charge in [-0.3, -0.25) is 0 Å². The smallest absolute Gasteiger partial charge is 0.327 e. The van der Waals surface area contributed by atoms with E-state index in [1.54, 1.807) is 0 Å².